The van der Waals surface area contributed by atoms with Crippen LogP contribution in [0.2, 0.25) is 0 Å². The number of nitriles is 1. The largest absolute Gasteiger partial charge is 0.334 e. The summed E-state index contributed by atoms with van der Waals surface area (Å²) in [5.74, 6) is 1.20. The average Bonchev–Trinajstić information content (AvgIpc) is 2.82. The molecule has 0 radical (unpaired) electrons. The number of nitrogens with zero attached hydrogens (tertiary/aromatic N) is 1. The smallest absolute Gasteiger partial charge is 0.319 e. The van der Waals surface area contributed by atoms with Gasteiger partial charge in [0.2, 0.25) is 0 Å². The quantitative estimate of drug-likeness (QED) is 0.721. The van der Waals surface area contributed by atoms with E-state index in [2.05, 4.69) is 16.0 Å². The lowest BCUT2D eigenvalue weighted by molar-refractivity contribution is 0.250. The number of piperidine rings is 1. The number of carbonyl (C=O) groups is 1. The molecule has 92 valence electrons. The fourth-order valence-electron chi connectivity index (χ4n) is 2.62. The van der Waals surface area contributed by atoms with Crippen molar-refractivity contribution >= 4 is 11.7 Å². The van der Waals surface area contributed by atoms with Crippen molar-refractivity contribution in [2.75, 3.05) is 18.4 Å². The van der Waals surface area contributed by atoms with Crippen LogP contribution in [0.25, 0.3) is 0 Å². The Balaban J connectivity index is 1.56. The predicted octanol–water partition coefficient (Wildman–Crippen LogP) is 0.898. The minimum atomic E-state index is -0.190. The van der Waals surface area contributed by atoms with Crippen molar-refractivity contribution in [1.82, 2.24) is 10.6 Å². The molecule has 3 N–H and O–H groups in total. The molecule has 0 aromatic heterocycles. The molecule has 2 aliphatic rings. The lowest BCUT2D eigenvalue weighted by Gasteiger charge is -2.09. The van der Waals surface area contributed by atoms with E-state index in [1.165, 1.54) is 0 Å². The van der Waals surface area contributed by atoms with E-state index in [4.69, 9.17) is 5.26 Å². The van der Waals surface area contributed by atoms with Crippen LogP contribution in [0.15, 0.2) is 24.3 Å². The zero-order valence-corrected chi connectivity index (χ0v) is 9.81. The van der Waals surface area contributed by atoms with E-state index < -0.39 is 0 Å². The summed E-state index contributed by atoms with van der Waals surface area (Å²) >= 11 is 0. The van der Waals surface area contributed by atoms with E-state index in [1.54, 1.807) is 24.3 Å². The van der Waals surface area contributed by atoms with Gasteiger partial charge in [-0.05, 0) is 30.0 Å². The molecule has 2 amide bonds. The van der Waals surface area contributed by atoms with E-state index in [-0.39, 0.29) is 6.03 Å². The molecule has 0 spiro atoms. The van der Waals surface area contributed by atoms with Gasteiger partial charge >= 0.3 is 6.03 Å². The number of nitrogens with one attached hydrogen (secondary N) is 3. The summed E-state index contributed by atoms with van der Waals surface area (Å²) in [5, 5.41) is 17.8. The first-order valence-electron chi connectivity index (χ1n) is 6.06. The Morgan fingerprint density at radius 2 is 2.17 bits per heavy atom. The Kier molecular flexibility index (Phi) is 2.65. The number of urea groups is 1. The molecule has 1 heterocycles. The van der Waals surface area contributed by atoms with Crippen LogP contribution in [0.4, 0.5) is 10.5 Å². The molecule has 1 saturated carbocycles. The first-order chi connectivity index (χ1) is 8.78. The highest BCUT2D eigenvalue weighted by atomic mass is 16.2. The van der Waals surface area contributed by atoms with Crippen LogP contribution < -0.4 is 16.0 Å². The summed E-state index contributed by atoms with van der Waals surface area (Å²) in [4.78, 5) is 11.8. The van der Waals surface area contributed by atoms with Crippen LogP contribution in [0, 0.1) is 23.2 Å². The van der Waals surface area contributed by atoms with Gasteiger partial charge in [0.1, 0.15) is 0 Å². The third-order valence-corrected chi connectivity index (χ3v) is 3.64. The van der Waals surface area contributed by atoms with Crippen molar-refractivity contribution in [3.63, 3.8) is 0 Å². The SMILES string of the molecule is N#Cc1cccc(NC(=O)NC2C3CNCC32)c1. The molecule has 0 bridgehead atoms. The zero-order chi connectivity index (χ0) is 12.5. The molecule has 5 heteroatoms. The third kappa shape index (κ3) is 2.03. The van der Waals surface area contributed by atoms with Crippen LogP contribution in [0.3, 0.4) is 0 Å². The molecule has 1 aromatic carbocycles. The van der Waals surface area contributed by atoms with Crippen LogP contribution >= 0.6 is 0 Å². The first-order valence-corrected chi connectivity index (χ1v) is 6.06. The van der Waals surface area contributed by atoms with E-state index in [9.17, 15) is 4.79 Å². The molecule has 1 aliphatic heterocycles. The van der Waals surface area contributed by atoms with Crippen molar-refractivity contribution in [2.45, 2.75) is 6.04 Å². The van der Waals surface area contributed by atoms with Crippen LogP contribution in [0.5, 0.6) is 0 Å². The summed E-state index contributed by atoms with van der Waals surface area (Å²) < 4.78 is 0. The van der Waals surface area contributed by atoms with Crippen LogP contribution in [0.1, 0.15) is 5.56 Å². The number of rotatable bonds is 2. The minimum Gasteiger partial charge on any atom is -0.334 e. The van der Waals surface area contributed by atoms with Crippen LogP contribution in [-0.4, -0.2) is 25.2 Å². The maximum atomic E-state index is 11.8. The number of hydrogen-bond donors (Lipinski definition) is 3. The van der Waals surface area contributed by atoms with Gasteiger partial charge in [-0.3, -0.25) is 0 Å². The number of hydrogen-bond acceptors (Lipinski definition) is 3. The minimum absolute atomic E-state index is 0.190. The highest BCUT2D eigenvalue weighted by Crippen LogP contribution is 2.41. The second-order valence-corrected chi connectivity index (χ2v) is 4.80. The Hall–Kier alpha value is -2.06. The summed E-state index contributed by atoms with van der Waals surface area (Å²) in [5.41, 5.74) is 1.19. The molecule has 1 aliphatic carbocycles. The van der Waals surface area contributed by atoms with Gasteiger partial charge in [0.25, 0.3) is 0 Å². The molecule has 1 aromatic rings. The average molecular weight is 242 g/mol. The summed E-state index contributed by atoms with van der Waals surface area (Å²) in [7, 11) is 0. The summed E-state index contributed by atoms with van der Waals surface area (Å²) in [6.07, 6.45) is 0. The fourth-order valence-corrected chi connectivity index (χ4v) is 2.62. The van der Waals surface area contributed by atoms with E-state index in [0.29, 0.717) is 29.1 Å². The highest BCUT2D eigenvalue weighted by molar-refractivity contribution is 5.89. The molecular weight excluding hydrogens is 228 g/mol. The Labute approximate surface area is 105 Å². The van der Waals surface area contributed by atoms with E-state index >= 15 is 0 Å². The van der Waals surface area contributed by atoms with Gasteiger partial charge in [-0.1, -0.05) is 6.07 Å². The molecule has 2 atom stereocenters. The van der Waals surface area contributed by atoms with Crippen molar-refractivity contribution in [1.29, 1.82) is 5.26 Å². The van der Waals surface area contributed by atoms with Crippen molar-refractivity contribution < 1.29 is 4.79 Å². The Morgan fingerprint density at radius 1 is 1.39 bits per heavy atom. The maximum Gasteiger partial charge on any atom is 0.319 e. The monoisotopic (exact) mass is 242 g/mol. The van der Waals surface area contributed by atoms with Gasteiger partial charge < -0.3 is 16.0 Å². The van der Waals surface area contributed by atoms with Gasteiger partial charge in [-0.25, -0.2) is 4.79 Å². The zero-order valence-electron chi connectivity index (χ0n) is 9.81. The molecule has 2 fully saturated rings. The predicted molar refractivity (Wildman–Crippen MR) is 66.9 cm³/mol. The summed E-state index contributed by atoms with van der Waals surface area (Å²) in [6.45, 7) is 2.00. The van der Waals surface area contributed by atoms with Crippen LogP contribution in [-0.2, 0) is 0 Å². The van der Waals surface area contributed by atoms with Gasteiger partial charge in [-0.2, -0.15) is 5.26 Å². The van der Waals surface area contributed by atoms with E-state index in [0.717, 1.165) is 13.1 Å². The number of anilines is 1. The lowest BCUT2D eigenvalue weighted by atomic mass is 10.2. The lowest BCUT2D eigenvalue weighted by Crippen LogP contribution is -2.35. The molecule has 5 nitrogen and oxygen atoms in total. The number of benzene rings is 1. The normalized spacial score (nSPS) is 28.1. The molecule has 1 saturated heterocycles. The Bertz CT molecular complexity index is 512. The second kappa shape index (κ2) is 4.31. The third-order valence-electron chi connectivity index (χ3n) is 3.64. The standard InChI is InChI=1S/C13H14N4O/c14-5-8-2-1-3-9(4-8)16-13(18)17-12-10-6-15-7-11(10)12/h1-4,10-12,15H,6-7H2,(H2,16,17,18). The number of fused-ring (bicyclic) bond motifs is 1. The van der Waals surface area contributed by atoms with Gasteiger partial charge in [0.05, 0.1) is 11.6 Å². The molecule has 18 heavy (non-hydrogen) atoms. The molecule has 2 unspecified atom stereocenters. The molecule has 3 rings (SSSR count). The van der Waals surface area contributed by atoms with Gasteiger partial charge in [-0.15, -0.1) is 0 Å². The van der Waals surface area contributed by atoms with Crippen molar-refractivity contribution in [3.05, 3.63) is 29.8 Å². The maximum absolute atomic E-state index is 11.8. The van der Waals surface area contributed by atoms with Gasteiger partial charge in [0.15, 0.2) is 0 Å². The van der Waals surface area contributed by atoms with Crippen molar-refractivity contribution in [3.8, 4) is 6.07 Å². The highest BCUT2D eigenvalue weighted by Gasteiger charge is 2.53. The topological polar surface area (TPSA) is 77.0 Å². The number of carbonyl (C=O) groups excluding carboxylic acids is 1. The van der Waals surface area contributed by atoms with Gasteiger partial charge in [0, 0.05) is 24.8 Å². The van der Waals surface area contributed by atoms with E-state index in [1.807, 2.05) is 6.07 Å². The summed E-state index contributed by atoms with van der Waals surface area (Å²) in [6, 6.07) is 9.06. The first kappa shape index (κ1) is 11.1. The molecular formula is C13H14N4O. The van der Waals surface area contributed by atoms with Crippen molar-refractivity contribution in [2.24, 2.45) is 11.8 Å². The Morgan fingerprint density at radius 3 is 2.89 bits per heavy atom. The number of amides is 2. The fraction of sp³-hybridized carbons (Fsp3) is 0.385. The second-order valence-electron chi connectivity index (χ2n) is 4.80.